The van der Waals surface area contributed by atoms with Crippen molar-refractivity contribution >= 4 is 17.5 Å². The number of benzene rings is 1. The second-order valence-electron chi connectivity index (χ2n) is 8.69. The number of ether oxygens (including phenoxy) is 1. The number of nitrogens with two attached hydrogens (primary N) is 1. The van der Waals surface area contributed by atoms with Crippen molar-refractivity contribution < 1.29 is 9.13 Å². The fourth-order valence-electron chi connectivity index (χ4n) is 4.63. The lowest BCUT2D eigenvalue weighted by Crippen LogP contribution is -2.48. The molecule has 4 N–H and O–H groups in total. The van der Waals surface area contributed by atoms with Gasteiger partial charge in [-0.1, -0.05) is 12.1 Å². The van der Waals surface area contributed by atoms with Crippen molar-refractivity contribution in [1.82, 2.24) is 20.6 Å². The highest BCUT2D eigenvalue weighted by Gasteiger charge is 2.30. The quantitative estimate of drug-likeness (QED) is 0.594. The summed E-state index contributed by atoms with van der Waals surface area (Å²) in [4.78, 5) is 15.9. The third kappa shape index (κ3) is 4.89. The Bertz CT molecular complexity index is 923. The Morgan fingerprint density at radius 3 is 2.30 bits per heavy atom. The number of nitrogens with zero attached hydrogens (tertiary/aromatic N) is 5. The van der Waals surface area contributed by atoms with Crippen LogP contribution in [0.25, 0.3) is 0 Å². The summed E-state index contributed by atoms with van der Waals surface area (Å²) in [5, 5.41) is 6.64. The molecule has 0 radical (unpaired) electrons. The highest BCUT2D eigenvalue weighted by atomic mass is 19.1. The van der Waals surface area contributed by atoms with Crippen LogP contribution in [0.5, 0.6) is 0 Å². The van der Waals surface area contributed by atoms with Gasteiger partial charge >= 0.3 is 0 Å². The Kier molecular flexibility index (Phi) is 6.86. The molecule has 1 atom stereocenters. The van der Waals surface area contributed by atoms with Crippen LogP contribution in [0.15, 0.2) is 24.3 Å². The molecule has 1 aromatic heterocycles. The van der Waals surface area contributed by atoms with Crippen LogP contribution in [0.4, 0.5) is 21.8 Å². The first-order valence-corrected chi connectivity index (χ1v) is 11.9. The van der Waals surface area contributed by atoms with Gasteiger partial charge in [-0.05, 0) is 17.7 Å². The van der Waals surface area contributed by atoms with E-state index >= 15 is 4.39 Å². The van der Waals surface area contributed by atoms with Gasteiger partial charge in [-0.2, -0.15) is 4.98 Å². The summed E-state index contributed by atoms with van der Waals surface area (Å²) >= 11 is 0. The predicted molar refractivity (Wildman–Crippen MR) is 127 cm³/mol. The molecule has 1 aromatic carbocycles. The number of aromatic nitrogens is 2. The van der Waals surface area contributed by atoms with Crippen molar-refractivity contribution in [2.45, 2.75) is 12.6 Å². The van der Waals surface area contributed by atoms with Crippen LogP contribution in [-0.2, 0) is 11.3 Å². The van der Waals surface area contributed by atoms with Gasteiger partial charge in [-0.15, -0.1) is 0 Å². The Hall–Kier alpha value is -2.53. The fourth-order valence-corrected chi connectivity index (χ4v) is 4.63. The number of nitrogens with one attached hydrogen (secondary N) is 2. The Labute approximate surface area is 194 Å². The van der Waals surface area contributed by atoms with Crippen molar-refractivity contribution in [3.8, 4) is 0 Å². The van der Waals surface area contributed by atoms with Crippen LogP contribution >= 0.6 is 0 Å². The monoisotopic (exact) mass is 456 g/mol. The summed E-state index contributed by atoms with van der Waals surface area (Å²) in [7, 11) is 0. The first-order valence-electron chi connectivity index (χ1n) is 11.9. The molecule has 5 rings (SSSR count). The second-order valence-corrected chi connectivity index (χ2v) is 8.69. The van der Waals surface area contributed by atoms with Gasteiger partial charge in [-0.3, -0.25) is 0 Å². The number of morpholine rings is 1. The molecule has 3 saturated heterocycles. The van der Waals surface area contributed by atoms with Crippen molar-refractivity contribution in [3.05, 3.63) is 41.3 Å². The number of rotatable bonds is 5. The van der Waals surface area contributed by atoms with Gasteiger partial charge in [-0.25, -0.2) is 9.37 Å². The molecule has 4 heterocycles. The van der Waals surface area contributed by atoms with Crippen LogP contribution in [0, 0.1) is 5.82 Å². The summed E-state index contributed by atoms with van der Waals surface area (Å²) in [5.41, 5.74) is 8.37. The highest BCUT2D eigenvalue weighted by Crippen LogP contribution is 2.30. The third-order valence-electron chi connectivity index (χ3n) is 6.60. The molecule has 0 bridgehead atoms. The average Bonchev–Trinajstić information content (AvgIpc) is 2.90. The molecule has 33 heavy (non-hydrogen) atoms. The maximum atomic E-state index is 15.8. The maximum absolute atomic E-state index is 15.8. The zero-order valence-electron chi connectivity index (χ0n) is 19.0. The molecule has 0 amide bonds. The molecule has 2 aromatic rings. The number of halogens is 1. The van der Waals surface area contributed by atoms with Crippen LogP contribution < -0.4 is 31.1 Å². The van der Waals surface area contributed by atoms with Gasteiger partial charge in [0, 0.05) is 77.7 Å². The van der Waals surface area contributed by atoms with Gasteiger partial charge in [0.2, 0.25) is 5.95 Å². The third-order valence-corrected chi connectivity index (χ3v) is 6.60. The fraction of sp³-hybridized carbons (Fsp3) is 0.565. The summed E-state index contributed by atoms with van der Waals surface area (Å²) in [5.74, 6) is 0.626. The van der Waals surface area contributed by atoms with Gasteiger partial charge in [0.1, 0.15) is 11.8 Å². The molecule has 0 spiro atoms. The van der Waals surface area contributed by atoms with E-state index in [9.17, 15) is 0 Å². The molecular formula is C23H33FN8O. The lowest BCUT2D eigenvalue weighted by Gasteiger charge is -2.38. The summed E-state index contributed by atoms with van der Waals surface area (Å²) < 4.78 is 21.6. The van der Waals surface area contributed by atoms with Gasteiger partial charge < -0.3 is 35.8 Å². The van der Waals surface area contributed by atoms with E-state index in [1.54, 1.807) is 0 Å². The SMILES string of the molecule is NCc1ccc(N2CCN(c3nc(N4CCNCC4)nc(C4CNCCO4)c3F)CC2)cc1. The average molecular weight is 457 g/mol. The zero-order valence-corrected chi connectivity index (χ0v) is 19.0. The molecule has 3 aliphatic rings. The Balaban J connectivity index is 1.38. The minimum absolute atomic E-state index is 0.358. The van der Waals surface area contributed by atoms with E-state index in [1.165, 1.54) is 5.69 Å². The first kappa shape index (κ1) is 22.3. The zero-order chi connectivity index (χ0) is 22.6. The minimum Gasteiger partial charge on any atom is -0.369 e. The van der Waals surface area contributed by atoms with Crippen molar-refractivity contribution in [2.75, 3.05) is 86.8 Å². The normalized spacial score (nSPS) is 22.0. The van der Waals surface area contributed by atoms with Crippen molar-refractivity contribution in [2.24, 2.45) is 5.73 Å². The van der Waals surface area contributed by atoms with Gasteiger partial charge in [0.05, 0.1) is 6.61 Å². The van der Waals surface area contributed by atoms with E-state index in [4.69, 9.17) is 15.5 Å². The number of hydrogen-bond donors (Lipinski definition) is 3. The smallest absolute Gasteiger partial charge is 0.227 e. The number of anilines is 3. The molecule has 0 saturated carbocycles. The largest absolute Gasteiger partial charge is 0.369 e. The molecular weight excluding hydrogens is 423 g/mol. The van der Waals surface area contributed by atoms with Crippen LogP contribution in [-0.4, -0.2) is 82.0 Å². The summed E-state index contributed by atoms with van der Waals surface area (Å²) in [6.45, 7) is 8.75. The van der Waals surface area contributed by atoms with Gasteiger partial charge in [0.25, 0.3) is 0 Å². The van der Waals surface area contributed by atoms with E-state index in [2.05, 4.69) is 49.7 Å². The highest BCUT2D eigenvalue weighted by molar-refractivity contribution is 5.53. The van der Waals surface area contributed by atoms with E-state index in [0.717, 1.165) is 51.4 Å². The summed E-state index contributed by atoms with van der Waals surface area (Å²) in [6, 6.07) is 8.35. The maximum Gasteiger partial charge on any atom is 0.227 e. The molecule has 3 fully saturated rings. The standard InChI is InChI=1S/C23H33FN8O/c24-20-21(19-16-27-7-14-33-19)28-23(32-8-5-26-6-9-32)29-22(20)31-12-10-30(11-13-31)18-3-1-17(15-25)2-4-18/h1-4,19,26-27H,5-16,25H2. The molecule has 1 unspecified atom stereocenters. The second kappa shape index (κ2) is 10.2. The Morgan fingerprint density at radius 2 is 1.64 bits per heavy atom. The molecule has 0 aliphatic carbocycles. The van der Waals surface area contributed by atoms with Crippen molar-refractivity contribution in [1.29, 1.82) is 0 Å². The first-order chi connectivity index (χ1) is 16.2. The van der Waals surface area contributed by atoms with Crippen LogP contribution in [0.1, 0.15) is 17.4 Å². The molecule has 3 aliphatic heterocycles. The minimum atomic E-state index is -0.399. The van der Waals surface area contributed by atoms with E-state index in [-0.39, 0.29) is 5.82 Å². The van der Waals surface area contributed by atoms with Crippen LogP contribution in [0.3, 0.4) is 0 Å². The Morgan fingerprint density at radius 1 is 0.909 bits per heavy atom. The molecule has 178 valence electrons. The predicted octanol–water partition coefficient (Wildman–Crippen LogP) is 0.472. The topological polar surface area (TPSA) is 94.8 Å². The van der Waals surface area contributed by atoms with E-state index < -0.39 is 6.10 Å². The lowest BCUT2D eigenvalue weighted by molar-refractivity contribution is 0.0226. The number of hydrogen-bond acceptors (Lipinski definition) is 9. The van der Waals surface area contributed by atoms with Gasteiger partial charge in [0.15, 0.2) is 11.6 Å². The van der Waals surface area contributed by atoms with Crippen LogP contribution in [0.2, 0.25) is 0 Å². The lowest BCUT2D eigenvalue weighted by atomic mass is 10.1. The molecule has 9 nitrogen and oxygen atoms in total. The number of piperazine rings is 2. The molecule has 10 heteroatoms. The van der Waals surface area contributed by atoms with Crippen molar-refractivity contribution in [3.63, 3.8) is 0 Å². The van der Waals surface area contributed by atoms with E-state index in [0.29, 0.717) is 50.2 Å². The van der Waals surface area contributed by atoms with E-state index in [1.807, 2.05) is 4.90 Å². The summed E-state index contributed by atoms with van der Waals surface area (Å²) in [6.07, 6.45) is -0.399.